The van der Waals surface area contributed by atoms with Crippen molar-refractivity contribution in [1.82, 2.24) is 10.2 Å². The SMILES string of the molecule is FC(F)(F)CCNc1cc(Cl)nnc1Cl. The van der Waals surface area contributed by atoms with Crippen LogP contribution in [0, 0.1) is 0 Å². The Balaban J connectivity index is 2.54. The Bertz CT molecular complexity index is 343. The third-order valence-corrected chi connectivity index (χ3v) is 1.91. The van der Waals surface area contributed by atoms with E-state index in [9.17, 15) is 13.2 Å². The van der Waals surface area contributed by atoms with Crippen molar-refractivity contribution < 1.29 is 13.2 Å². The van der Waals surface area contributed by atoms with Crippen LogP contribution >= 0.6 is 23.2 Å². The van der Waals surface area contributed by atoms with Crippen LogP contribution in [0.3, 0.4) is 0 Å². The Kier molecular flexibility index (Phi) is 3.98. The van der Waals surface area contributed by atoms with Crippen LogP contribution in [-0.2, 0) is 0 Å². The molecule has 0 fully saturated rings. The number of halogens is 5. The molecule has 15 heavy (non-hydrogen) atoms. The molecule has 0 spiro atoms. The maximum atomic E-state index is 11.8. The summed E-state index contributed by atoms with van der Waals surface area (Å²) >= 11 is 11.1. The number of aromatic nitrogens is 2. The van der Waals surface area contributed by atoms with Gasteiger partial charge in [0.1, 0.15) is 0 Å². The molecule has 8 heteroatoms. The predicted molar refractivity (Wildman–Crippen MR) is 51.2 cm³/mol. The van der Waals surface area contributed by atoms with Crippen molar-refractivity contribution in [3.05, 3.63) is 16.4 Å². The van der Waals surface area contributed by atoms with Crippen LogP contribution in [0.15, 0.2) is 6.07 Å². The molecule has 0 bridgehead atoms. The largest absolute Gasteiger partial charge is 0.390 e. The second kappa shape index (κ2) is 4.85. The Morgan fingerprint density at radius 1 is 1.27 bits per heavy atom. The summed E-state index contributed by atoms with van der Waals surface area (Å²) in [6.07, 6.45) is -5.16. The molecule has 3 nitrogen and oxygen atoms in total. The van der Waals surface area contributed by atoms with Gasteiger partial charge in [-0.2, -0.15) is 13.2 Å². The van der Waals surface area contributed by atoms with Gasteiger partial charge in [-0.1, -0.05) is 23.2 Å². The van der Waals surface area contributed by atoms with Crippen LogP contribution in [0.1, 0.15) is 6.42 Å². The first-order valence-electron chi connectivity index (χ1n) is 3.88. The molecular weight excluding hydrogens is 254 g/mol. The lowest BCUT2D eigenvalue weighted by molar-refractivity contribution is -0.131. The Morgan fingerprint density at radius 2 is 1.93 bits per heavy atom. The van der Waals surface area contributed by atoms with Crippen molar-refractivity contribution in [2.45, 2.75) is 12.6 Å². The summed E-state index contributed by atoms with van der Waals surface area (Å²) in [5.41, 5.74) is 0.237. The summed E-state index contributed by atoms with van der Waals surface area (Å²) in [5.74, 6) is 0. The minimum Gasteiger partial charge on any atom is -0.382 e. The number of rotatable bonds is 3. The first kappa shape index (κ1) is 12.3. The number of alkyl halides is 3. The van der Waals surface area contributed by atoms with Crippen LogP contribution < -0.4 is 5.32 Å². The second-order valence-electron chi connectivity index (χ2n) is 2.66. The monoisotopic (exact) mass is 259 g/mol. The number of nitrogens with one attached hydrogen (secondary N) is 1. The highest BCUT2D eigenvalue weighted by molar-refractivity contribution is 6.33. The Hall–Kier alpha value is -0.750. The Morgan fingerprint density at radius 3 is 2.53 bits per heavy atom. The molecule has 0 saturated heterocycles. The van der Waals surface area contributed by atoms with Gasteiger partial charge < -0.3 is 5.32 Å². The molecule has 1 heterocycles. The third kappa shape index (κ3) is 4.53. The maximum absolute atomic E-state index is 11.8. The van der Waals surface area contributed by atoms with Gasteiger partial charge in [0.25, 0.3) is 0 Å². The zero-order valence-corrected chi connectivity index (χ0v) is 8.79. The van der Waals surface area contributed by atoms with Crippen molar-refractivity contribution in [2.75, 3.05) is 11.9 Å². The lowest BCUT2D eigenvalue weighted by Gasteiger charge is -2.09. The molecule has 0 aliphatic heterocycles. The smallest absolute Gasteiger partial charge is 0.382 e. The minimum atomic E-state index is -4.20. The van der Waals surface area contributed by atoms with Crippen molar-refractivity contribution in [2.24, 2.45) is 0 Å². The van der Waals surface area contributed by atoms with Gasteiger partial charge in [0.2, 0.25) is 0 Å². The van der Waals surface area contributed by atoms with Crippen molar-refractivity contribution in [3.8, 4) is 0 Å². The molecule has 0 aliphatic rings. The molecule has 0 atom stereocenters. The van der Waals surface area contributed by atoms with Crippen LogP contribution in [0.2, 0.25) is 10.3 Å². The van der Waals surface area contributed by atoms with E-state index in [2.05, 4.69) is 15.5 Å². The highest BCUT2D eigenvalue weighted by Gasteiger charge is 2.26. The van der Waals surface area contributed by atoms with Gasteiger partial charge in [-0.25, -0.2) is 0 Å². The normalized spacial score (nSPS) is 11.5. The molecule has 1 aromatic heterocycles. The second-order valence-corrected chi connectivity index (χ2v) is 3.41. The molecule has 0 radical (unpaired) electrons. The van der Waals surface area contributed by atoms with E-state index in [0.29, 0.717) is 0 Å². The molecule has 1 aromatic rings. The minimum absolute atomic E-state index is 0.0124. The molecule has 0 saturated carbocycles. The molecule has 0 amide bonds. The lowest BCUT2D eigenvalue weighted by Crippen LogP contribution is -2.15. The van der Waals surface area contributed by atoms with Crippen LogP contribution in [0.5, 0.6) is 0 Å². The van der Waals surface area contributed by atoms with E-state index in [-0.39, 0.29) is 22.5 Å². The summed E-state index contributed by atoms with van der Waals surface area (Å²) in [6, 6.07) is 1.31. The lowest BCUT2D eigenvalue weighted by atomic mass is 10.4. The molecule has 0 unspecified atom stereocenters. The highest BCUT2D eigenvalue weighted by Crippen LogP contribution is 2.23. The van der Waals surface area contributed by atoms with E-state index >= 15 is 0 Å². The zero-order chi connectivity index (χ0) is 11.5. The van der Waals surface area contributed by atoms with Gasteiger partial charge in [0.05, 0.1) is 12.1 Å². The first-order chi connectivity index (χ1) is 6.88. The molecule has 1 N–H and O–H groups in total. The highest BCUT2D eigenvalue weighted by atomic mass is 35.5. The number of hydrogen-bond donors (Lipinski definition) is 1. The van der Waals surface area contributed by atoms with Gasteiger partial charge >= 0.3 is 6.18 Å². The number of nitrogens with zero attached hydrogens (tertiary/aromatic N) is 2. The zero-order valence-electron chi connectivity index (χ0n) is 7.28. The van der Waals surface area contributed by atoms with E-state index in [1.165, 1.54) is 6.07 Å². The number of hydrogen-bond acceptors (Lipinski definition) is 3. The van der Waals surface area contributed by atoms with Crippen molar-refractivity contribution >= 4 is 28.9 Å². The molecule has 84 valence electrons. The van der Waals surface area contributed by atoms with E-state index in [4.69, 9.17) is 23.2 Å². The standard InChI is InChI=1S/C7H6Cl2F3N3/c8-5-3-4(6(9)15-14-5)13-2-1-7(10,11)12/h3H,1-2H2,(H,13,14). The molecular formula is C7H6Cl2F3N3. The van der Waals surface area contributed by atoms with Crippen LogP contribution in [0.4, 0.5) is 18.9 Å². The third-order valence-electron chi connectivity index (χ3n) is 1.44. The Labute approximate surface area is 93.6 Å². The van der Waals surface area contributed by atoms with Gasteiger partial charge in [-0.3, -0.25) is 0 Å². The van der Waals surface area contributed by atoms with E-state index in [1.807, 2.05) is 0 Å². The maximum Gasteiger partial charge on any atom is 0.390 e. The average molecular weight is 260 g/mol. The van der Waals surface area contributed by atoms with E-state index in [0.717, 1.165) is 0 Å². The summed E-state index contributed by atoms with van der Waals surface area (Å²) in [5, 5.41) is 9.37. The summed E-state index contributed by atoms with van der Waals surface area (Å²) in [4.78, 5) is 0. The van der Waals surface area contributed by atoms with Gasteiger partial charge in [0, 0.05) is 12.6 Å². The average Bonchev–Trinajstić information content (AvgIpc) is 2.09. The molecule has 1 rings (SSSR count). The first-order valence-corrected chi connectivity index (χ1v) is 4.63. The van der Waals surface area contributed by atoms with Gasteiger partial charge in [-0.15, -0.1) is 10.2 Å². The van der Waals surface area contributed by atoms with Crippen molar-refractivity contribution in [1.29, 1.82) is 0 Å². The fraction of sp³-hybridized carbons (Fsp3) is 0.429. The fourth-order valence-electron chi connectivity index (χ4n) is 0.816. The fourth-order valence-corrected chi connectivity index (χ4v) is 1.12. The van der Waals surface area contributed by atoms with E-state index < -0.39 is 12.6 Å². The van der Waals surface area contributed by atoms with Crippen LogP contribution in [0.25, 0.3) is 0 Å². The van der Waals surface area contributed by atoms with Gasteiger partial charge in [-0.05, 0) is 0 Å². The van der Waals surface area contributed by atoms with E-state index in [1.54, 1.807) is 0 Å². The molecule has 0 aromatic carbocycles. The van der Waals surface area contributed by atoms with Crippen molar-refractivity contribution in [3.63, 3.8) is 0 Å². The number of anilines is 1. The summed E-state index contributed by atoms with van der Waals surface area (Å²) < 4.78 is 35.4. The summed E-state index contributed by atoms with van der Waals surface area (Å²) in [6.45, 7) is -0.286. The quantitative estimate of drug-likeness (QED) is 0.907. The van der Waals surface area contributed by atoms with Crippen LogP contribution in [-0.4, -0.2) is 22.9 Å². The predicted octanol–water partition coefficient (Wildman–Crippen LogP) is 3.15. The summed E-state index contributed by atoms with van der Waals surface area (Å²) in [7, 11) is 0. The van der Waals surface area contributed by atoms with Gasteiger partial charge in [0.15, 0.2) is 10.3 Å². The molecule has 0 aliphatic carbocycles. The topological polar surface area (TPSA) is 37.8 Å².